The zero-order valence-corrected chi connectivity index (χ0v) is 13.2. The third kappa shape index (κ3) is 3.20. The van der Waals surface area contributed by atoms with Gasteiger partial charge in [0.05, 0.1) is 16.3 Å². The van der Waals surface area contributed by atoms with Crippen LogP contribution in [-0.4, -0.2) is 16.0 Å². The van der Waals surface area contributed by atoms with Crippen molar-refractivity contribution in [3.05, 3.63) is 46.9 Å². The fourth-order valence-electron chi connectivity index (χ4n) is 2.91. The van der Waals surface area contributed by atoms with Crippen molar-refractivity contribution in [2.45, 2.75) is 37.3 Å². The molecular weight excluding hydrogens is 322 g/mol. The lowest BCUT2D eigenvalue weighted by Gasteiger charge is -2.35. The molecule has 4 nitrogen and oxygen atoms in total. The minimum absolute atomic E-state index is 0.140. The molecule has 0 atom stereocenters. The predicted molar refractivity (Wildman–Crippen MR) is 84.7 cm³/mol. The van der Waals surface area contributed by atoms with E-state index in [1.807, 2.05) is 0 Å². The highest BCUT2D eigenvalue weighted by atomic mass is 35.5. The monoisotopic (exact) mass is 338 g/mol. The lowest BCUT2D eigenvalue weighted by Crippen LogP contribution is -2.44. The van der Waals surface area contributed by atoms with E-state index in [1.54, 1.807) is 6.07 Å². The minimum atomic E-state index is -0.776. The largest absolute Gasteiger partial charge is 0.328 e. The smallest absolute Gasteiger partial charge is 0.213 e. The van der Waals surface area contributed by atoms with Gasteiger partial charge in [-0.25, -0.2) is 9.37 Å². The number of aromatic nitrogens is 2. The highest BCUT2D eigenvalue weighted by molar-refractivity contribution is 6.33. The summed E-state index contributed by atoms with van der Waals surface area (Å²) in [6.45, 7) is 0. The molecule has 7 heteroatoms. The van der Waals surface area contributed by atoms with Crippen LogP contribution in [0.3, 0.4) is 0 Å². The lowest BCUT2D eigenvalue weighted by molar-refractivity contribution is 0.271. The average Bonchev–Trinajstić information content (AvgIpc) is 2.53. The van der Waals surface area contributed by atoms with Crippen molar-refractivity contribution < 1.29 is 8.78 Å². The van der Waals surface area contributed by atoms with Gasteiger partial charge in [0, 0.05) is 17.8 Å². The SMILES string of the molecule is NC1CCC(N)(c2cc(-c3nc(F)ccc3F)c(Cl)cn2)CC1. The van der Waals surface area contributed by atoms with Crippen LogP contribution in [0.1, 0.15) is 31.4 Å². The summed E-state index contributed by atoms with van der Waals surface area (Å²) in [5.74, 6) is -1.43. The topological polar surface area (TPSA) is 77.8 Å². The number of hydrogen-bond donors (Lipinski definition) is 2. The maximum atomic E-state index is 14.0. The van der Waals surface area contributed by atoms with Crippen LogP contribution >= 0.6 is 11.6 Å². The fourth-order valence-corrected chi connectivity index (χ4v) is 3.10. The van der Waals surface area contributed by atoms with Crippen molar-refractivity contribution in [2.24, 2.45) is 11.5 Å². The van der Waals surface area contributed by atoms with Crippen LogP contribution in [0, 0.1) is 11.8 Å². The van der Waals surface area contributed by atoms with Gasteiger partial charge in [-0.1, -0.05) is 11.6 Å². The summed E-state index contributed by atoms with van der Waals surface area (Å²) < 4.78 is 27.4. The Labute approximate surface area is 137 Å². The fraction of sp³-hybridized carbons (Fsp3) is 0.375. The molecule has 0 radical (unpaired) electrons. The molecule has 1 saturated carbocycles. The van der Waals surface area contributed by atoms with Crippen molar-refractivity contribution in [2.75, 3.05) is 0 Å². The number of pyridine rings is 2. The molecule has 2 aromatic rings. The molecule has 23 heavy (non-hydrogen) atoms. The highest BCUT2D eigenvalue weighted by Gasteiger charge is 2.34. The molecule has 0 unspecified atom stereocenters. The van der Waals surface area contributed by atoms with Crippen LogP contribution in [0.15, 0.2) is 24.4 Å². The van der Waals surface area contributed by atoms with E-state index in [9.17, 15) is 8.78 Å². The van der Waals surface area contributed by atoms with Crippen LogP contribution in [0.2, 0.25) is 5.02 Å². The summed E-state index contributed by atoms with van der Waals surface area (Å²) in [7, 11) is 0. The first kappa shape index (κ1) is 16.2. The first-order valence-electron chi connectivity index (χ1n) is 7.42. The highest BCUT2D eigenvalue weighted by Crippen LogP contribution is 2.37. The molecule has 0 aromatic carbocycles. The minimum Gasteiger partial charge on any atom is -0.328 e. The summed E-state index contributed by atoms with van der Waals surface area (Å²) >= 11 is 6.11. The molecule has 1 aliphatic carbocycles. The van der Waals surface area contributed by atoms with Gasteiger partial charge in [0.15, 0.2) is 0 Å². The summed E-state index contributed by atoms with van der Waals surface area (Å²) in [5.41, 5.74) is 12.5. The first-order valence-corrected chi connectivity index (χ1v) is 7.80. The van der Waals surface area contributed by atoms with E-state index in [0.717, 1.165) is 25.0 Å². The number of rotatable bonds is 2. The van der Waals surface area contributed by atoms with Crippen molar-refractivity contribution in [3.63, 3.8) is 0 Å². The molecule has 2 heterocycles. The van der Waals surface area contributed by atoms with Crippen LogP contribution in [0.5, 0.6) is 0 Å². The van der Waals surface area contributed by atoms with Crippen molar-refractivity contribution in [1.29, 1.82) is 0 Å². The van der Waals surface area contributed by atoms with Gasteiger partial charge >= 0.3 is 0 Å². The van der Waals surface area contributed by atoms with E-state index in [4.69, 9.17) is 23.1 Å². The molecular formula is C16H17ClF2N4. The second-order valence-corrected chi connectivity index (χ2v) is 6.41. The summed E-state index contributed by atoms with van der Waals surface area (Å²) in [6, 6.07) is 3.72. The molecule has 1 aliphatic rings. The summed E-state index contributed by atoms with van der Waals surface area (Å²) in [6.07, 6.45) is 4.36. The number of halogens is 3. The van der Waals surface area contributed by atoms with Gasteiger partial charge < -0.3 is 11.5 Å². The van der Waals surface area contributed by atoms with Crippen molar-refractivity contribution in [3.8, 4) is 11.3 Å². The van der Waals surface area contributed by atoms with Gasteiger partial charge in [0.25, 0.3) is 0 Å². The van der Waals surface area contributed by atoms with E-state index in [2.05, 4.69) is 9.97 Å². The molecule has 4 N–H and O–H groups in total. The van der Waals surface area contributed by atoms with Gasteiger partial charge in [0.1, 0.15) is 11.5 Å². The Hall–Kier alpha value is -1.63. The summed E-state index contributed by atoms with van der Waals surface area (Å²) in [4.78, 5) is 7.91. The normalized spacial score (nSPS) is 24.7. The van der Waals surface area contributed by atoms with E-state index < -0.39 is 17.3 Å². The lowest BCUT2D eigenvalue weighted by atomic mass is 9.78. The molecule has 2 aromatic heterocycles. The van der Waals surface area contributed by atoms with Gasteiger partial charge in [-0.2, -0.15) is 4.39 Å². The zero-order chi connectivity index (χ0) is 16.6. The second kappa shape index (κ2) is 6.11. The maximum absolute atomic E-state index is 14.0. The Morgan fingerprint density at radius 1 is 1.22 bits per heavy atom. The Morgan fingerprint density at radius 3 is 2.61 bits per heavy atom. The standard InChI is InChI=1S/C16H17ClF2N4/c17-11-8-22-13(16(21)5-3-9(20)4-6-16)7-10(11)15-12(18)1-2-14(19)23-15/h1-2,7-9H,3-6,20-21H2. The van der Waals surface area contributed by atoms with E-state index in [-0.39, 0.29) is 22.3 Å². The molecule has 1 fully saturated rings. The molecule has 0 spiro atoms. The van der Waals surface area contributed by atoms with Gasteiger partial charge in [-0.3, -0.25) is 4.98 Å². The van der Waals surface area contributed by atoms with Crippen LogP contribution < -0.4 is 11.5 Å². The van der Waals surface area contributed by atoms with Crippen molar-refractivity contribution >= 4 is 11.6 Å². The van der Waals surface area contributed by atoms with Gasteiger partial charge in [-0.05, 0) is 43.9 Å². The molecule has 0 bridgehead atoms. The molecule has 3 rings (SSSR count). The number of hydrogen-bond acceptors (Lipinski definition) is 4. The number of nitrogens with two attached hydrogens (primary N) is 2. The number of nitrogens with zero attached hydrogens (tertiary/aromatic N) is 2. The van der Waals surface area contributed by atoms with E-state index in [1.165, 1.54) is 6.20 Å². The first-order chi connectivity index (χ1) is 10.9. The summed E-state index contributed by atoms with van der Waals surface area (Å²) in [5, 5.41) is 0.196. The quantitative estimate of drug-likeness (QED) is 0.825. The van der Waals surface area contributed by atoms with E-state index in [0.29, 0.717) is 18.5 Å². The Bertz CT molecular complexity index is 730. The van der Waals surface area contributed by atoms with Crippen molar-refractivity contribution in [1.82, 2.24) is 9.97 Å². The molecule has 122 valence electrons. The van der Waals surface area contributed by atoms with Crippen LogP contribution in [-0.2, 0) is 5.54 Å². The predicted octanol–water partition coefficient (Wildman–Crippen LogP) is 3.13. The average molecular weight is 339 g/mol. The van der Waals surface area contributed by atoms with Gasteiger partial charge in [0.2, 0.25) is 5.95 Å². The Kier molecular flexibility index (Phi) is 4.31. The van der Waals surface area contributed by atoms with Gasteiger partial charge in [-0.15, -0.1) is 0 Å². The Balaban J connectivity index is 2.04. The molecule has 0 amide bonds. The zero-order valence-electron chi connectivity index (χ0n) is 12.4. The van der Waals surface area contributed by atoms with Crippen LogP contribution in [0.4, 0.5) is 8.78 Å². The molecule has 0 aliphatic heterocycles. The van der Waals surface area contributed by atoms with Crippen LogP contribution in [0.25, 0.3) is 11.3 Å². The Morgan fingerprint density at radius 2 is 1.91 bits per heavy atom. The third-order valence-electron chi connectivity index (χ3n) is 4.36. The third-order valence-corrected chi connectivity index (χ3v) is 4.66. The molecule has 0 saturated heterocycles. The maximum Gasteiger partial charge on any atom is 0.213 e. The van der Waals surface area contributed by atoms with E-state index >= 15 is 0 Å². The second-order valence-electron chi connectivity index (χ2n) is 6.01.